The summed E-state index contributed by atoms with van der Waals surface area (Å²) in [5.74, 6) is 0.482. The van der Waals surface area contributed by atoms with Crippen LogP contribution in [-0.2, 0) is 11.3 Å². The summed E-state index contributed by atoms with van der Waals surface area (Å²) in [5, 5.41) is 15.9. The Balaban J connectivity index is 1.14. The van der Waals surface area contributed by atoms with E-state index in [2.05, 4.69) is 29.2 Å². The highest BCUT2D eigenvalue weighted by atomic mass is 32.1. The van der Waals surface area contributed by atoms with Crippen molar-refractivity contribution in [2.75, 3.05) is 13.1 Å². The molecule has 0 spiro atoms. The third-order valence-corrected chi connectivity index (χ3v) is 8.91. The van der Waals surface area contributed by atoms with Crippen molar-refractivity contribution in [1.29, 1.82) is 0 Å². The van der Waals surface area contributed by atoms with Crippen molar-refractivity contribution in [3.63, 3.8) is 0 Å². The van der Waals surface area contributed by atoms with Gasteiger partial charge >= 0.3 is 0 Å². The number of fused-ring (bicyclic) bond motifs is 1. The van der Waals surface area contributed by atoms with E-state index < -0.39 is 5.60 Å². The Kier molecular flexibility index (Phi) is 6.46. The molecule has 0 radical (unpaired) electrons. The number of carbonyl (C=O) groups is 1. The second-order valence-electron chi connectivity index (χ2n) is 10.5. The van der Waals surface area contributed by atoms with Gasteiger partial charge in [-0.2, -0.15) is 11.3 Å². The Morgan fingerprint density at radius 2 is 1.86 bits per heavy atom. The molecule has 1 aliphatic heterocycles. The van der Waals surface area contributed by atoms with Crippen LogP contribution in [0.3, 0.4) is 0 Å². The van der Waals surface area contributed by atoms with Crippen molar-refractivity contribution in [2.45, 2.75) is 56.6 Å². The zero-order valence-corrected chi connectivity index (χ0v) is 21.6. The quantitative estimate of drug-likeness (QED) is 0.421. The molecule has 4 aromatic rings. The van der Waals surface area contributed by atoms with Gasteiger partial charge in [0.15, 0.2) is 5.65 Å². The molecule has 1 aromatic carbocycles. The van der Waals surface area contributed by atoms with E-state index in [1.54, 1.807) is 17.4 Å². The lowest BCUT2D eigenvalue weighted by Crippen LogP contribution is -2.51. The number of thiophene rings is 1. The minimum absolute atomic E-state index is 0.00355. The summed E-state index contributed by atoms with van der Waals surface area (Å²) in [6, 6.07) is 14.2. The van der Waals surface area contributed by atoms with E-state index in [-0.39, 0.29) is 29.8 Å². The molecule has 0 unspecified atom stereocenters. The summed E-state index contributed by atoms with van der Waals surface area (Å²) in [6.07, 6.45) is 8.50. The number of hydrogen-bond donors (Lipinski definition) is 1. The number of hydrogen-bond acceptors (Lipinski definition) is 5. The summed E-state index contributed by atoms with van der Waals surface area (Å²) >= 11 is 1.59. The Morgan fingerprint density at radius 3 is 2.62 bits per heavy atom. The molecule has 192 valence electrons. The lowest BCUT2D eigenvalue weighted by molar-refractivity contribution is -0.142. The van der Waals surface area contributed by atoms with E-state index in [9.17, 15) is 14.7 Å². The van der Waals surface area contributed by atoms with Gasteiger partial charge in [0.05, 0.1) is 23.2 Å². The Labute approximate surface area is 220 Å². The van der Waals surface area contributed by atoms with Gasteiger partial charge in [-0.3, -0.25) is 14.2 Å². The average molecular weight is 517 g/mol. The van der Waals surface area contributed by atoms with E-state index in [0.717, 1.165) is 31.4 Å². The first-order valence-corrected chi connectivity index (χ1v) is 14.1. The Bertz CT molecular complexity index is 1440. The number of amides is 1. The van der Waals surface area contributed by atoms with Crippen molar-refractivity contribution < 1.29 is 9.90 Å². The molecule has 0 bridgehead atoms. The lowest BCUT2D eigenvalue weighted by Gasteiger charge is -2.41. The molecule has 1 N–H and O–H groups in total. The van der Waals surface area contributed by atoms with Gasteiger partial charge in [0.1, 0.15) is 6.33 Å². The van der Waals surface area contributed by atoms with E-state index in [1.807, 2.05) is 38.6 Å². The first-order valence-electron chi connectivity index (χ1n) is 13.2. The maximum atomic E-state index is 13.6. The largest absolute Gasteiger partial charge is 0.388 e. The fraction of sp³-hybridized carbons (Fsp3) is 0.414. The minimum atomic E-state index is -1.04. The average Bonchev–Trinajstić information content (AvgIpc) is 3.61. The zero-order valence-electron chi connectivity index (χ0n) is 20.8. The summed E-state index contributed by atoms with van der Waals surface area (Å²) in [4.78, 5) is 33.3. The third-order valence-electron chi connectivity index (χ3n) is 8.24. The van der Waals surface area contributed by atoms with Gasteiger partial charge in [-0.25, -0.2) is 4.98 Å². The molecule has 1 aliphatic carbocycles. The van der Waals surface area contributed by atoms with Gasteiger partial charge in [0.2, 0.25) is 5.91 Å². The van der Waals surface area contributed by atoms with Crippen LogP contribution in [0.5, 0.6) is 0 Å². The van der Waals surface area contributed by atoms with Crippen LogP contribution in [0.15, 0.2) is 70.5 Å². The van der Waals surface area contributed by atoms with Crippen molar-refractivity contribution in [3.8, 4) is 5.69 Å². The summed E-state index contributed by atoms with van der Waals surface area (Å²) in [5.41, 5.74) is 1.65. The highest BCUT2D eigenvalue weighted by molar-refractivity contribution is 7.08. The first kappa shape index (κ1) is 24.1. The smallest absolute Gasteiger partial charge is 0.262 e. The predicted octanol–water partition coefficient (Wildman–Crippen LogP) is 4.58. The molecular formula is C29H32N4O3S. The van der Waals surface area contributed by atoms with Crippen LogP contribution in [0, 0.1) is 5.92 Å². The summed E-state index contributed by atoms with van der Waals surface area (Å²) < 4.78 is 3.43. The summed E-state index contributed by atoms with van der Waals surface area (Å²) in [6.45, 7) is 1.19. The number of likely N-dealkylation sites (tertiary alicyclic amines) is 1. The molecule has 1 saturated heterocycles. The third kappa shape index (κ3) is 4.64. The number of piperidine rings is 1. The summed E-state index contributed by atoms with van der Waals surface area (Å²) in [7, 11) is 0. The molecule has 2 aliphatic rings. The molecule has 2 atom stereocenters. The van der Waals surface area contributed by atoms with Crippen molar-refractivity contribution in [2.24, 2.45) is 5.92 Å². The molecule has 1 amide bonds. The maximum Gasteiger partial charge on any atom is 0.262 e. The number of carbonyl (C=O) groups excluding carboxylic acids is 1. The van der Waals surface area contributed by atoms with Crippen LogP contribution in [0.2, 0.25) is 0 Å². The van der Waals surface area contributed by atoms with Crippen molar-refractivity contribution in [1.82, 2.24) is 19.0 Å². The molecule has 6 rings (SSSR count). The number of benzene rings is 1. The van der Waals surface area contributed by atoms with Gasteiger partial charge < -0.3 is 14.6 Å². The molecule has 2 fully saturated rings. The molecule has 1 saturated carbocycles. The monoisotopic (exact) mass is 516 g/mol. The highest BCUT2D eigenvalue weighted by Gasteiger charge is 2.39. The molecule has 3 aromatic heterocycles. The number of aliphatic hydroxyl groups is 1. The van der Waals surface area contributed by atoms with Gasteiger partial charge in [0, 0.05) is 30.6 Å². The molecule has 37 heavy (non-hydrogen) atoms. The molecule has 4 heterocycles. The van der Waals surface area contributed by atoms with Crippen LogP contribution in [0.4, 0.5) is 0 Å². The van der Waals surface area contributed by atoms with Crippen LogP contribution in [-0.4, -0.2) is 48.7 Å². The lowest BCUT2D eigenvalue weighted by atomic mass is 9.74. The zero-order chi connectivity index (χ0) is 25.4. The fourth-order valence-corrected chi connectivity index (χ4v) is 6.78. The highest BCUT2D eigenvalue weighted by Crippen LogP contribution is 2.39. The van der Waals surface area contributed by atoms with Crippen LogP contribution in [0.25, 0.3) is 16.7 Å². The van der Waals surface area contributed by atoms with Gasteiger partial charge in [-0.15, -0.1) is 0 Å². The SMILES string of the molecule is O=C([C@@H]1CCCC[C@H]1c1ccccc1)N1CCC(O)(Cn2cnc3c(ccn3-c3ccsc3)c2=O)CC1. The number of aromatic nitrogens is 3. The standard InChI is InChI=1S/C29H32N4O3S/c34-27(24-9-5-4-8-23(24)21-6-2-1-3-7-21)31-15-12-29(36,13-16-31)19-32-20-30-26-25(28(32)35)10-14-33(26)22-11-17-37-18-22/h1-3,6-7,10-11,14,17-18,20,23-24,36H,4-5,8-9,12-13,15-16,19H2/t23-,24+/m0/s1. The second-order valence-corrected chi connectivity index (χ2v) is 11.3. The van der Waals surface area contributed by atoms with Crippen molar-refractivity contribution in [3.05, 3.63) is 81.7 Å². The maximum absolute atomic E-state index is 13.6. The van der Waals surface area contributed by atoms with Gasteiger partial charge in [0.25, 0.3) is 5.56 Å². The van der Waals surface area contributed by atoms with E-state index in [4.69, 9.17) is 0 Å². The van der Waals surface area contributed by atoms with Crippen molar-refractivity contribution >= 4 is 28.3 Å². The van der Waals surface area contributed by atoms with E-state index >= 15 is 0 Å². The molecule has 8 heteroatoms. The van der Waals surface area contributed by atoms with Gasteiger partial charge in [-0.1, -0.05) is 43.2 Å². The molecule has 7 nitrogen and oxygen atoms in total. The number of nitrogens with zero attached hydrogens (tertiary/aromatic N) is 4. The van der Waals surface area contributed by atoms with Gasteiger partial charge in [-0.05, 0) is 54.7 Å². The van der Waals surface area contributed by atoms with E-state index in [1.165, 1.54) is 16.5 Å². The topological polar surface area (TPSA) is 80.4 Å². The Hall–Kier alpha value is -3.23. The van der Waals surface area contributed by atoms with E-state index in [0.29, 0.717) is 37.0 Å². The predicted molar refractivity (Wildman–Crippen MR) is 145 cm³/mol. The normalized spacial score (nSPS) is 21.8. The van der Waals surface area contributed by atoms with Crippen LogP contribution >= 0.6 is 11.3 Å². The number of rotatable bonds is 5. The fourth-order valence-electron chi connectivity index (χ4n) is 6.15. The van der Waals surface area contributed by atoms with Crippen LogP contribution < -0.4 is 5.56 Å². The second kappa shape index (κ2) is 9.91. The Morgan fingerprint density at radius 1 is 1.08 bits per heavy atom. The minimum Gasteiger partial charge on any atom is -0.388 e. The first-order chi connectivity index (χ1) is 18.0. The van der Waals surface area contributed by atoms with Crippen LogP contribution in [0.1, 0.15) is 50.0 Å². The molecular weight excluding hydrogens is 484 g/mol.